The van der Waals surface area contributed by atoms with Crippen molar-refractivity contribution in [2.45, 2.75) is 84.5 Å². The van der Waals surface area contributed by atoms with Crippen LogP contribution in [-0.2, 0) is 23.9 Å². The molecule has 3 amide bonds. The van der Waals surface area contributed by atoms with Crippen LogP contribution in [0.3, 0.4) is 0 Å². The number of carbonyl (C=O) groups excluding carboxylic acids is 4. The van der Waals surface area contributed by atoms with Gasteiger partial charge in [0.1, 0.15) is 24.2 Å². The summed E-state index contributed by atoms with van der Waals surface area (Å²) >= 11 is 0. The minimum absolute atomic E-state index is 0.195. The number of likely N-dealkylation sites (tertiary alicyclic amines) is 1. The molecule has 1 aromatic heterocycles. The predicted molar refractivity (Wildman–Crippen MR) is 171 cm³/mol. The lowest BCUT2D eigenvalue weighted by Crippen LogP contribution is -2.61. The second-order valence-electron chi connectivity index (χ2n) is 12.9. The minimum atomic E-state index is -0.880. The number of cyclic esters (lactones) is 1. The van der Waals surface area contributed by atoms with Crippen LogP contribution < -0.4 is 16.1 Å². The number of hydrogen-bond donors (Lipinski definition) is 3. The van der Waals surface area contributed by atoms with Crippen LogP contribution in [0.2, 0.25) is 0 Å². The maximum Gasteiger partial charge on any atom is 0.325 e. The molecule has 3 N–H and O–H groups in total. The molecule has 2 saturated heterocycles. The third-order valence-corrected chi connectivity index (χ3v) is 9.39. The van der Waals surface area contributed by atoms with Gasteiger partial charge in [0, 0.05) is 11.9 Å². The normalized spacial score (nSPS) is 27.7. The molecule has 1 aromatic carbocycles. The van der Waals surface area contributed by atoms with Gasteiger partial charge in [0.2, 0.25) is 11.8 Å². The summed E-state index contributed by atoms with van der Waals surface area (Å²) in [7, 11) is 0. The van der Waals surface area contributed by atoms with Crippen LogP contribution >= 0.6 is 0 Å². The standard InChI is InChI=1S/C34H46N6O5/c1-6-39-18-15-34(16-19-39)14-13-24-9-10-25-11-12-26(36-28(25)20-24)23(5)45-32(43)27-8-7-17-40(38-27)31(42)22(4)35-30(41)29(21(2)3)37-33(34)44/h9-14,20-23,27,29,38H,6-8,15-19H2,1-5H3,(H,35,41)(H,37,44)/b14-13+/t22-,23+,27-,29-/m0/s1. The summed E-state index contributed by atoms with van der Waals surface area (Å²) in [5.41, 5.74) is 4.46. The van der Waals surface area contributed by atoms with Crippen LogP contribution in [0, 0.1) is 11.3 Å². The summed E-state index contributed by atoms with van der Waals surface area (Å²) < 4.78 is 5.81. The van der Waals surface area contributed by atoms with Gasteiger partial charge in [-0.25, -0.2) is 10.4 Å². The van der Waals surface area contributed by atoms with Crippen molar-refractivity contribution in [2.24, 2.45) is 11.3 Å². The van der Waals surface area contributed by atoms with Crippen molar-refractivity contribution in [3.63, 3.8) is 0 Å². The molecule has 5 bridgehead atoms. The summed E-state index contributed by atoms with van der Waals surface area (Å²) in [6, 6.07) is 7.34. The first-order valence-electron chi connectivity index (χ1n) is 16.2. The molecule has 3 aliphatic rings. The number of amides is 3. The largest absolute Gasteiger partial charge is 0.455 e. The number of piperidine rings is 1. The van der Waals surface area contributed by atoms with E-state index in [0.29, 0.717) is 37.9 Å². The van der Waals surface area contributed by atoms with E-state index in [1.165, 1.54) is 5.01 Å². The third kappa shape index (κ3) is 7.20. The first-order chi connectivity index (χ1) is 21.5. The van der Waals surface area contributed by atoms with Crippen molar-refractivity contribution >= 4 is 40.7 Å². The van der Waals surface area contributed by atoms with Crippen LogP contribution in [0.1, 0.15) is 77.7 Å². The zero-order valence-corrected chi connectivity index (χ0v) is 27.0. The van der Waals surface area contributed by atoms with Crippen LogP contribution in [-0.4, -0.2) is 82.9 Å². The Morgan fingerprint density at radius 2 is 1.76 bits per heavy atom. The lowest BCUT2D eigenvalue weighted by molar-refractivity contribution is -0.157. The number of aromatic nitrogens is 1. The summed E-state index contributed by atoms with van der Waals surface area (Å²) in [6.45, 7) is 12.1. The Labute approximate surface area is 265 Å². The highest BCUT2D eigenvalue weighted by atomic mass is 16.5. The zero-order chi connectivity index (χ0) is 32.3. The molecule has 4 heterocycles. The number of esters is 1. The summed E-state index contributed by atoms with van der Waals surface area (Å²) in [5.74, 6) is -1.67. The van der Waals surface area contributed by atoms with Crippen molar-refractivity contribution in [1.82, 2.24) is 31.0 Å². The van der Waals surface area contributed by atoms with E-state index in [4.69, 9.17) is 9.72 Å². The quantitative estimate of drug-likeness (QED) is 0.438. The smallest absolute Gasteiger partial charge is 0.325 e. The van der Waals surface area contributed by atoms with Gasteiger partial charge < -0.3 is 20.3 Å². The molecule has 45 heavy (non-hydrogen) atoms. The molecule has 2 aromatic rings. The van der Waals surface area contributed by atoms with E-state index in [1.807, 2.05) is 56.3 Å². The molecular weight excluding hydrogens is 572 g/mol. The molecule has 0 saturated carbocycles. The third-order valence-electron chi connectivity index (χ3n) is 9.39. The number of pyridine rings is 1. The number of ether oxygens (including phenoxy) is 1. The van der Waals surface area contributed by atoms with Crippen molar-refractivity contribution in [2.75, 3.05) is 26.2 Å². The molecule has 242 valence electrons. The molecule has 0 unspecified atom stereocenters. The number of carbonyl (C=O) groups is 4. The summed E-state index contributed by atoms with van der Waals surface area (Å²) in [6.07, 6.45) is 5.68. The molecular formula is C34H46N6O5. The van der Waals surface area contributed by atoms with Crippen LogP contribution in [0.25, 0.3) is 17.0 Å². The highest BCUT2D eigenvalue weighted by molar-refractivity contribution is 5.94. The lowest BCUT2D eigenvalue weighted by Gasteiger charge is -2.39. The second-order valence-corrected chi connectivity index (χ2v) is 12.9. The fourth-order valence-corrected chi connectivity index (χ4v) is 6.32. The molecule has 11 nitrogen and oxygen atoms in total. The van der Waals surface area contributed by atoms with Crippen LogP contribution in [0.15, 0.2) is 36.4 Å². The molecule has 1 spiro atoms. The van der Waals surface area contributed by atoms with Gasteiger partial charge in [-0.15, -0.1) is 0 Å². The van der Waals surface area contributed by atoms with Crippen molar-refractivity contribution in [3.8, 4) is 0 Å². The first-order valence-corrected chi connectivity index (χ1v) is 16.2. The van der Waals surface area contributed by atoms with E-state index in [9.17, 15) is 19.2 Å². The lowest BCUT2D eigenvalue weighted by atomic mass is 9.76. The van der Waals surface area contributed by atoms with Gasteiger partial charge in [-0.2, -0.15) is 0 Å². The van der Waals surface area contributed by atoms with Gasteiger partial charge in [0.15, 0.2) is 0 Å². The topological polar surface area (TPSA) is 133 Å². The predicted octanol–water partition coefficient (Wildman–Crippen LogP) is 3.11. The molecule has 0 aliphatic carbocycles. The number of hydrogen-bond acceptors (Lipinski definition) is 8. The fourth-order valence-electron chi connectivity index (χ4n) is 6.32. The van der Waals surface area contributed by atoms with E-state index >= 15 is 0 Å². The van der Waals surface area contributed by atoms with Gasteiger partial charge >= 0.3 is 5.97 Å². The van der Waals surface area contributed by atoms with E-state index in [0.717, 1.165) is 36.1 Å². The number of nitrogens with one attached hydrogen (secondary N) is 3. The minimum Gasteiger partial charge on any atom is -0.455 e. The van der Waals surface area contributed by atoms with Gasteiger partial charge in [-0.1, -0.05) is 51.1 Å². The number of fused-ring (bicyclic) bond motifs is 4. The van der Waals surface area contributed by atoms with E-state index in [2.05, 4.69) is 27.9 Å². The summed E-state index contributed by atoms with van der Waals surface area (Å²) in [4.78, 5) is 61.4. The van der Waals surface area contributed by atoms with Gasteiger partial charge in [-0.3, -0.25) is 24.2 Å². The first kappa shape index (κ1) is 32.6. The second kappa shape index (κ2) is 13.7. The average Bonchev–Trinajstić information content (AvgIpc) is 3.04. The Morgan fingerprint density at radius 1 is 1.02 bits per heavy atom. The number of benzene rings is 1. The Bertz CT molecular complexity index is 1470. The van der Waals surface area contributed by atoms with Gasteiger partial charge in [0.25, 0.3) is 5.91 Å². The number of hydrazine groups is 1. The molecule has 11 heteroatoms. The maximum atomic E-state index is 14.1. The fraction of sp³-hybridized carbons (Fsp3) is 0.559. The molecule has 4 atom stereocenters. The average molecular weight is 619 g/mol. The van der Waals surface area contributed by atoms with Gasteiger partial charge in [0.05, 0.1) is 16.6 Å². The van der Waals surface area contributed by atoms with E-state index in [1.54, 1.807) is 13.8 Å². The number of nitrogens with zero attached hydrogens (tertiary/aromatic N) is 3. The Kier molecular flexibility index (Phi) is 9.88. The van der Waals surface area contributed by atoms with E-state index in [-0.39, 0.29) is 17.7 Å². The van der Waals surface area contributed by atoms with Crippen molar-refractivity contribution < 1.29 is 23.9 Å². The highest BCUT2D eigenvalue weighted by Gasteiger charge is 2.41. The summed E-state index contributed by atoms with van der Waals surface area (Å²) in [5, 5.41) is 8.20. The van der Waals surface area contributed by atoms with Crippen LogP contribution in [0.5, 0.6) is 0 Å². The molecule has 2 fully saturated rings. The molecule has 0 radical (unpaired) electrons. The number of rotatable bonds is 2. The Morgan fingerprint density at radius 3 is 2.47 bits per heavy atom. The van der Waals surface area contributed by atoms with Crippen LogP contribution in [0.4, 0.5) is 0 Å². The zero-order valence-electron chi connectivity index (χ0n) is 27.0. The monoisotopic (exact) mass is 618 g/mol. The van der Waals surface area contributed by atoms with Crippen molar-refractivity contribution in [1.29, 1.82) is 0 Å². The SMILES string of the molecule is CCN1CCC2(/C=C/c3ccc4ccc(nc4c3)[C@@H](C)OC(=O)[C@@H]3CCCN(N3)C(=O)[C@H](C)NC(=O)[C@H](C(C)C)NC2=O)CC1. The van der Waals surface area contributed by atoms with Gasteiger partial charge in [-0.05, 0) is 82.8 Å². The molecule has 3 aliphatic heterocycles. The van der Waals surface area contributed by atoms with Crippen molar-refractivity contribution in [3.05, 3.63) is 47.7 Å². The Hall–Kier alpha value is -3.83. The Balaban J connectivity index is 1.53. The van der Waals surface area contributed by atoms with E-state index < -0.39 is 41.5 Å². The highest BCUT2D eigenvalue weighted by Crippen LogP contribution is 2.35. The molecule has 5 rings (SSSR count). The maximum absolute atomic E-state index is 14.1.